The van der Waals surface area contributed by atoms with Crippen molar-refractivity contribution in [3.8, 4) is 10.6 Å². The minimum atomic E-state index is -0.185. The fourth-order valence-corrected chi connectivity index (χ4v) is 4.20. The third-order valence-electron chi connectivity index (χ3n) is 3.31. The maximum absolute atomic E-state index is 12.5. The Bertz CT molecular complexity index is 977. The summed E-state index contributed by atoms with van der Waals surface area (Å²) in [7, 11) is 0. The van der Waals surface area contributed by atoms with Gasteiger partial charge < -0.3 is 5.32 Å². The van der Waals surface area contributed by atoms with Crippen molar-refractivity contribution in [2.24, 2.45) is 0 Å². The number of carbonyl (C=O) groups is 1. The fraction of sp³-hybridized carbons (Fsp3) is 0. The van der Waals surface area contributed by atoms with Gasteiger partial charge in [0.1, 0.15) is 0 Å². The number of rotatable bonds is 5. The van der Waals surface area contributed by atoms with E-state index in [2.05, 4.69) is 20.6 Å². The lowest BCUT2D eigenvalue weighted by molar-refractivity contribution is 0.102. The number of hydrogen-bond donors (Lipinski definition) is 2. The van der Waals surface area contributed by atoms with Crippen molar-refractivity contribution in [3.63, 3.8) is 0 Å². The predicted octanol–water partition coefficient (Wildman–Crippen LogP) is 5.32. The third kappa shape index (κ3) is 3.76. The van der Waals surface area contributed by atoms with Crippen LogP contribution in [0.2, 0.25) is 0 Å². The van der Waals surface area contributed by atoms with Crippen molar-refractivity contribution >= 4 is 55.9 Å². The molecule has 4 rings (SSSR count). The van der Waals surface area contributed by atoms with Crippen LogP contribution in [0.15, 0.2) is 58.7 Å². The first kappa shape index (κ1) is 15.9. The molecule has 0 fully saturated rings. The van der Waals surface area contributed by atoms with E-state index in [0.29, 0.717) is 10.7 Å². The maximum Gasteiger partial charge on any atom is 0.257 e. The summed E-state index contributed by atoms with van der Waals surface area (Å²) in [5, 5.41) is 13.3. The highest BCUT2D eigenvalue weighted by molar-refractivity contribution is 7.16. The van der Waals surface area contributed by atoms with Gasteiger partial charge in [0.05, 0.1) is 10.6 Å². The van der Waals surface area contributed by atoms with Crippen molar-refractivity contribution < 1.29 is 4.79 Å². The molecule has 2 N–H and O–H groups in total. The summed E-state index contributed by atoms with van der Waals surface area (Å²) in [5.74, 6) is -0.185. The zero-order valence-electron chi connectivity index (χ0n) is 12.8. The first-order valence-corrected chi connectivity index (χ1v) is 9.99. The van der Waals surface area contributed by atoms with Crippen LogP contribution in [0.1, 0.15) is 10.4 Å². The molecular weight excluding hydrogens is 372 g/mol. The summed E-state index contributed by atoms with van der Waals surface area (Å²) in [6.45, 7) is 0. The minimum absolute atomic E-state index is 0.185. The molecule has 0 aliphatic rings. The normalized spacial score (nSPS) is 10.6. The molecule has 0 spiro atoms. The number of amides is 1. The van der Waals surface area contributed by atoms with E-state index in [1.165, 1.54) is 22.7 Å². The summed E-state index contributed by atoms with van der Waals surface area (Å²) >= 11 is 4.55. The van der Waals surface area contributed by atoms with Gasteiger partial charge in [0.2, 0.25) is 0 Å². The van der Waals surface area contributed by atoms with Crippen LogP contribution in [0.25, 0.3) is 10.6 Å². The van der Waals surface area contributed by atoms with Crippen molar-refractivity contribution in [2.75, 3.05) is 10.6 Å². The number of hydrogen-bond acceptors (Lipinski definition) is 7. The van der Waals surface area contributed by atoms with E-state index in [1.54, 1.807) is 29.7 Å². The Kier molecular flexibility index (Phi) is 4.55. The molecule has 0 aliphatic carbocycles. The fourth-order valence-electron chi connectivity index (χ4n) is 2.18. The highest BCUT2D eigenvalue weighted by Crippen LogP contribution is 2.28. The van der Waals surface area contributed by atoms with Crippen LogP contribution in [-0.4, -0.2) is 15.9 Å². The molecule has 0 saturated heterocycles. The number of thiophene rings is 1. The second kappa shape index (κ2) is 7.14. The Morgan fingerprint density at radius 2 is 1.96 bits per heavy atom. The van der Waals surface area contributed by atoms with Gasteiger partial charge in [-0.25, -0.2) is 9.97 Å². The average molecular weight is 385 g/mol. The van der Waals surface area contributed by atoms with Crippen molar-refractivity contribution in [1.29, 1.82) is 0 Å². The highest BCUT2D eigenvalue weighted by Gasteiger charge is 2.11. The summed E-state index contributed by atoms with van der Waals surface area (Å²) < 4.78 is 0. The zero-order chi connectivity index (χ0) is 17.1. The minimum Gasteiger partial charge on any atom is -0.332 e. The van der Waals surface area contributed by atoms with Gasteiger partial charge in [0.15, 0.2) is 10.3 Å². The number of nitrogens with one attached hydrogen (secondary N) is 2. The lowest BCUT2D eigenvalue weighted by Crippen LogP contribution is -2.11. The maximum atomic E-state index is 12.5. The van der Waals surface area contributed by atoms with Crippen LogP contribution < -0.4 is 10.6 Å². The Hall–Kier alpha value is -2.55. The lowest BCUT2D eigenvalue weighted by Gasteiger charge is -2.06. The van der Waals surface area contributed by atoms with E-state index < -0.39 is 0 Å². The molecule has 0 bridgehead atoms. The van der Waals surface area contributed by atoms with Crippen molar-refractivity contribution in [1.82, 2.24) is 9.97 Å². The number of carbonyl (C=O) groups excluding carboxylic acids is 1. The number of benzene rings is 1. The molecule has 0 atom stereocenters. The molecule has 1 aromatic carbocycles. The molecule has 3 aromatic heterocycles. The van der Waals surface area contributed by atoms with E-state index in [9.17, 15) is 4.79 Å². The first-order chi connectivity index (χ1) is 12.3. The number of anilines is 3. The SMILES string of the molecule is O=C(Nc1nc(-c2cccs2)cs1)c1cccc(Nc2nccs2)c1. The molecular formula is C17H12N4OS3. The van der Waals surface area contributed by atoms with Crippen molar-refractivity contribution in [3.05, 3.63) is 64.3 Å². The molecule has 0 unspecified atom stereocenters. The number of aromatic nitrogens is 2. The predicted molar refractivity (Wildman–Crippen MR) is 105 cm³/mol. The third-order valence-corrected chi connectivity index (χ3v) is 5.65. The Labute approximate surface area is 156 Å². The van der Waals surface area contributed by atoms with Gasteiger partial charge in [-0.1, -0.05) is 12.1 Å². The van der Waals surface area contributed by atoms with Gasteiger partial charge in [-0.15, -0.1) is 34.0 Å². The largest absolute Gasteiger partial charge is 0.332 e. The molecule has 4 aromatic rings. The van der Waals surface area contributed by atoms with Gasteiger partial charge in [0, 0.05) is 28.2 Å². The van der Waals surface area contributed by atoms with E-state index in [4.69, 9.17) is 0 Å². The van der Waals surface area contributed by atoms with Crippen LogP contribution in [0.3, 0.4) is 0 Å². The second-order valence-electron chi connectivity index (χ2n) is 5.01. The quantitative estimate of drug-likeness (QED) is 0.488. The molecule has 124 valence electrons. The Morgan fingerprint density at radius 1 is 1.00 bits per heavy atom. The van der Waals surface area contributed by atoms with Gasteiger partial charge in [-0.2, -0.15) is 0 Å². The molecule has 0 radical (unpaired) electrons. The summed E-state index contributed by atoms with van der Waals surface area (Å²) in [4.78, 5) is 22.2. The van der Waals surface area contributed by atoms with E-state index in [0.717, 1.165) is 21.4 Å². The molecule has 8 heteroatoms. The van der Waals surface area contributed by atoms with Gasteiger partial charge in [0.25, 0.3) is 5.91 Å². The zero-order valence-corrected chi connectivity index (χ0v) is 15.3. The molecule has 0 aliphatic heterocycles. The van der Waals surface area contributed by atoms with Crippen LogP contribution in [-0.2, 0) is 0 Å². The topological polar surface area (TPSA) is 66.9 Å². The van der Waals surface area contributed by atoms with E-state index in [-0.39, 0.29) is 5.91 Å². The van der Waals surface area contributed by atoms with Gasteiger partial charge in [-0.05, 0) is 29.6 Å². The molecule has 25 heavy (non-hydrogen) atoms. The molecule has 3 heterocycles. The van der Waals surface area contributed by atoms with E-state index in [1.807, 2.05) is 40.4 Å². The number of thiazole rings is 2. The van der Waals surface area contributed by atoms with E-state index >= 15 is 0 Å². The van der Waals surface area contributed by atoms with Gasteiger partial charge in [-0.3, -0.25) is 10.1 Å². The Morgan fingerprint density at radius 3 is 2.76 bits per heavy atom. The van der Waals surface area contributed by atoms with Crippen LogP contribution >= 0.6 is 34.0 Å². The summed E-state index contributed by atoms with van der Waals surface area (Å²) in [5.41, 5.74) is 2.27. The smallest absolute Gasteiger partial charge is 0.257 e. The van der Waals surface area contributed by atoms with Crippen LogP contribution in [0, 0.1) is 0 Å². The monoisotopic (exact) mass is 384 g/mol. The molecule has 1 amide bonds. The van der Waals surface area contributed by atoms with Crippen molar-refractivity contribution in [2.45, 2.75) is 0 Å². The molecule has 5 nitrogen and oxygen atoms in total. The van der Waals surface area contributed by atoms with Gasteiger partial charge >= 0.3 is 0 Å². The second-order valence-corrected chi connectivity index (χ2v) is 7.71. The summed E-state index contributed by atoms with van der Waals surface area (Å²) in [6.07, 6.45) is 1.73. The summed E-state index contributed by atoms with van der Waals surface area (Å²) in [6, 6.07) is 11.3. The Balaban J connectivity index is 1.48. The van der Waals surface area contributed by atoms with Crippen LogP contribution in [0.5, 0.6) is 0 Å². The molecule has 0 saturated carbocycles. The van der Waals surface area contributed by atoms with Crippen LogP contribution in [0.4, 0.5) is 16.0 Å². The average Bonchev–Trinajstić information content (AvgIpc) is 3.37. The standard InChI is InChI=1S/C17H12N4OS3/c22-15(21-17-20-13(10-25-17)14-5-2-7-23-14)11-3-1-4-12(9-11)19-16-18-6-8-24-16/h1-10H,(H,18,19)(H,20,21,22). The lowest BCUT2D eigenvalue weighted by atomic mass is 10.2. The highest BCUT2D eigenvalue weighted by atomic mass is 32.1. The number of nitrogens with zero attached hydrogens (tertiary/aromatic N) is 2. The first-order valence-electron chi connectivity index (χ1n) is 7.35.